The number of aryl methyl sites for hydroxylation is 1. The van der Waals surface area contributed by atoms with Gasteiger partial charge in [-0.05, 0) is 65.9 Å². The Bertz CT molecular complexity index is 1260. The maximum atomic E-state index is 12.3. The van der Waals surface area contributed by atoms with Gasteiger partial charge in [-0.2, -0.15) is 0 Å². The zero-order chi connectivity index (χ0) is 23.6. The number of hydrogen-bond acceptors (Lipinski definition) is 5. The van der Waals surface area contributed by atoms with Crippen LogP contribution < -0.4 is 4.74 Å². The summed E-state index contributed by atoms with van der Waals surface area (Å²) in [4.78, 5) is 29.0. The smallest absolute Gasteiger partial charge is 0.363 e. The number of nitrogens with zero attached hydrogens (tertiary/aromatic N) is 1. The van der Waals surface area contributed by atoms with Crippen LogP contribution in [0.25, 0.3) is 6.08 Å². The van der Waals surface area contributed by atoms with Gasteiger partial charge in [-0.15, -0.1) is 0 Å². The average molecular weight is 440 g/mol. The van der Waals surface area contributed by atoms with E-state index in [1.54, 1.807) is 42.5 Å². The molecule has 0 fully saturated rings. The van der Waals surface area contributed by atoms with Gasteiger partial charge in [0.05, 0.1) is 5.56 Å². The van der Waals surface area contributed by atoms with Crippen LogP contribution in [0.3, 0.4) is 0 Å². The Morgan fingerprint density at radius 3 is 2.30 bits per heavy atom. The minimum atomic E-state index is -0.500. The Morgan fingerprint density at radius 2 is 1.67 bits per heavy atom. The summed E-state index contributed by atoms with van der Waals surface area (Å²) in [5.41, 5.74) is 4.42. The molecule has 0 N–H and O–H groups in total. The molecule has 3 aromatic carbocycles. The summed E-state index contributed by atoms with van der Waals surface area (Å²) in [6.07, 6.45) is 1.64. The summed E-state index contributed by atoms with van der Waals surface area (Å²) >= 11 is 0. The maximum absolute atomic E-state index is 12.3. The van der Waals surface area contributed by atoms with Crippen LogP contribution in [0, 0.1) is 6.92 Å². The summed E-state index contributed by atoms with van der Waals surface area (Å²) < 4.78 is 10.8. The minimum absolute atomic E-state index is 0.0400. The predicted molar refractivity (Wildman–Crippen MR) is 128 cm³/mol. The molecule has 0 radical (unpaired) electrons. The van der Waals surface area contributed by atoms with Crippen molar-refractivity contribution in [2.45, 2.75) is 33.1 Å². The summed E-state index contributed by atoms with van der Waals surface area (Å²) in [5, 5.41) is 0. The van der Waals surface area contributed by atoms with Crippen molar-refractivity contribution in [2.24, 2.45) is 4.99 Å². The molecule has 3 aromatic rings. The molecule has 0 unspecified atom stereocenters. The molecule has 0 bridgehead atoms. The number of ether oxygens (including phenoxy) is 2. The van der Waals surface area contributed by atoms with Crippen LogP contribution in [0.2, 0.25) is 0 Å². The highest BCUT2D eigenvalue weighted by Crippen LogP contribution is 2.25. The van der Waals surface area contributed by atoms with Crippen LogP contribution in [-0.2, 0) is 14.9 Å². The van der Waals surface area contributed by atoms with Gasteiger partial charge in [0.2, 0.25) is 5.90 Å². The van der Waals surface area contributed by atoms with E-state index in [0.717, 1.165) is 16.7 Å². The highest BCUT2D eigenvalue weighted by molar-refractivity contribution is 6.12. The van der Waals surface area contributed by atoms with Gasteiger partial charge in [-0.1, -0.05) is 62.7 Å². The zero-order valence-electron chi connectivity index (χ0n) is 19.1. The van der Waals surface area contributed by atoms with Gasteiger partial charge in [0.1, 0.15) is 5.75 Å². The highest BCUT2D eigenvalue weighted by Gasteiger charge is 2.24. The lowest BCUT2D eigenvalue weighted by atomic mass is 9.87. The van der Waals surface area contributed by atoms with E-state index in [1.165, 1.54) is 5.56 Å². The molecular weight excluding hydrogens is 414 g/mol. The first kappa shape index (κ1) is 22.2. The molecule has 1 heterocycles. The Morgan fingerprint density at radius 1 is 0.970 bits per heavy atom. The number of cyclic esters (lactones) is 1. The lowest BCUT2D eigenvalue weighted by Gasteiger charge is -2.18. The third kappa shape index (κ3) is 5.26. The van der Waals surface area contributed by atoms with Gasteiger partial charge < -0.3 is 9.47 Å². The van der Waals surface area contributed by atoms with Gasteiger partial charge in [-0.3, -0.25) is 0 Å². The van der Waals surface area contributed by atoms with Crippen molar-refractivity contribution < 1.29 is 19.1 Å². The summed E-state index contributed by atoms with van der Waals surface area (Å²) in [5.74, 6) is -0.216. The molecule has 5 nitrogen and oxygen atoms in total. The van der Waals surface area contributed by atoms with E-state index in [1.807, 2.05) is 43.3 Å². The third-order valence-corrected chi connectivity index (χ3v) is 5.27. The van der Waals surface area contributed by atoms with E-state index >= 15 is 0 Å². The van der Waals surface area contributed by atoms with Crippen LogP contribution in [0.1, 0.15) is 53.4 Å². The fraction of sp³-hybridized carbons (Fsp3) is 0.179. The Hall–Kier alpha value is -3.99. The van der Waals surface area contributed by atoms with Crippen molar-refractivity contribution in [3.8, 4) is 5.75 Å². The summed E-state index contributed by atoms with van der Waals surface area (Å²) in [6, 6.07) is 21.9. The van der Waals surface area contributed by atoms with Crippen LogP contribution in [0.15, 0.2) is 83.5 Å². The normalized spacial score (nSPS) is 14.7. The molecule has 166 valence electrons. The average Bonchev–Trinajstić information content (AvgIpc) is 3.15. The van der Waals surface area contributed by atoms with Crippen LogP contribution in [-0.4, -0.2) is 17.8 Å². The molecule has 0 aromatic heterocycles. The SMILES string of the molecule is Cc1cccc(C(=O)Oc2ccc(/C=C3\N=C(c4ccc(C(C)(C)C)cc4)OC3=O)cc2)c1. The molecular formula is C28H25NO4. The zero-order valence-corrected chi connectivity index (χ0v) is 19.1. The molecule has 0 amide bonds. The fourth-order valence-corrected chi connectivity index (χ4v) is 3.37. The molecule has 4 rings (SSSR count). The monoisotopic (exact) mass is 439 g/mol. The largest absolute Gasteiger partial charge is 0.423 e. The van der Waals surface area contributed by atoms with Gasteiger partial charge >= 0.3 is 11.9 Å². The number of hydrogen-bond donors (Lipinski definition) is 0. The van der Waals surface area contributed by atoms with Gasteiger partial charge in [0, 0.05) is 5.56 Å². The maximum Gasteiger partial charge on any atom is 0.363 e. The van der Waals surface area contributed by atoms with Crippen molar-refractivity contribution in [1.82, 2.24) is 0 Å². The lowest BCUT2D eigenvalue weighted by molar-refractivity contribution is -0.129. The number of aliphatic imine (C=N–C) groups is 1. The molecule has 5 heteroatoms. The third-order valence-electron chi connectivity index (χ3n) is 5.27. The number of carbonyl (C=O) groups excluding carboxylic acids is 2. The quantitative estimate of drug-likeness (QED) is 0.290. The molecule has 1 aliphatic heterocycles. The number of rotatable bonds is 4. The fourth-order valence-electron chi connectivity index (χ4n) is 3.37. The Kier molecular flexibility index (Phi) is 5.97. The van der Waals surface area contributed by atoms with Crippen LogP contribution in [0.5, 0.6) is 5.75 Å². The second-order valence-electron chi connectivity index (χ2n) is 8.99. The van der Waals surface area contributed by atoms with Crippen molar-refractivity contribution in [3.05, 3.63) is 106 Å². The summed E-state index contributed by atoms with van der Waals surface area (Å²) in [6.45, 7) is 8.35. The molecule has 1 aliphatic rings. The van der Waals surface area contributed by atoms with Gasteiger partial charge in [-0.25, -0.2) is 14.6 Å². The van der Waals surface area contributed by atoms with E-state index < -0.39 is 11.9 Å². The predicted octanol–water partition coefficient (Wildman–Crippen LogP) is 5.86. The van der Waals surface area contributed by atoms with E-state index in [0.29, 0.717) is 11.3 Å². The van der Waals surface area contributed by atoms with Crippen molar-refractivity contribution in [2.75, 3.05) is 0 Å². The molecule has 0 aliphatic carbocycles. The molecule has 0 saturated heterocycles. The van der Waals surface area contributed by atoms with Gasteiger partial charge in [0.25, 0.3) is 0 Å². The molecule has 0 atom stereocenters. The van der Waals surface area contributed by atoms with Crippen LogP contribution in [0.4, 0.5) is 0 Å². The number of esters is 2. The number of carbonyl (C=O) groups is 2. The van der Waals surface area contributed by atoms with E-state index in [9.17, 15) is 9.59 Å². The first-order chi connectivity index (χ1) is 15.7. The second kappa shape index (κ2) is 8.87. The van der Waals surface area contributed by atoms with Crippen molar-refractivity contribution in [3.63, 3.8) is 0 Å². The lowest BCUT2D eigenvalue weighted by Crippen LogP contribution is -2.11. The highest BCUT2D eigenvalue weighted by atomic mass is 16.6. The van der Waals surface area contributed by atoms with E-state index in [4.69, 9.17) is 9.47 Å². The second-order valence-corrected chi connectivity index (χ2v) is 8.99. The minimum Gasteiger partial charge on any atom is -0.423 e. The van der Waals surface area contributed by atoms with Gasteiger partial charge in [0.15, 0.2) is 5.70 Å². The number of benzene rings is 3. The topological polar surface area (TPSA) is 65.0 Å². The standard InChI is InChI=1S/C28H25NO4/c1-18-6-5-7-21(16-18)26(30)32-23-14-8-19(9-15-23)17-24-27(31)33-25(29-24)20-10-12-22(13-11-20)28(2,3)4/h5-17H,1-4H3/b24-17-. The van der Waals surface area contributed by atoms with Crippen molar-refractivity contribution in [1.29, 1.82) is 0 Å². The van der Waals surface area contributed by atoms with E-state index in [-0.39, 0.29) is 17.0 Å². The summed E-state index contributed by atoms with van der Waals surface area (Å²) in [7, 11) is 0. The molecule has 0 spiro atoms. The first-order valence-electron chi connectivity index (χ1n) is 10.7. The van der Waals surface area contributed by atoms with Crippen LogP contribution >= 0.6 is 0 Å². The molecule has 0 saturated carbocycles. The van der Waals surface area contributed by atoms with E-state index in [2.05, 4.69) is 25.8 Å². The molecule has 33 heavy (non-hydrogen) atoms. The Balaban J connectivity index is 1.47. The van der Waals surface area contributed by atoms with Crippen molar-refractivity contribution >= 4 is 23.9 Å². The first-order valence-corrected chi connectivity index (χ1v) is 10.7. The Labute approximate surface area is 193 Å².